The minimum atomic E-state index is -3.43. The molecule has 0 saturated carbocycles. The summed E-state index contributed by atoms with van der Waals surface area (Å²) >= 11 is 3.35. The molecule has 0 unspecified atom stereocenters. The average molecular weight is 452 g/mol. The van der Waals surface area contributed by atoms with Gasteiger partial charge < -0.3 is 5.32 Å². The van der Waals surface area contributed by atoms with Crippen molar-refractivity contribution in [3.63, 3.8) is 0 Å². The van der Waals surface area contributed by atoms with Gasteiger partial charge in [-0.15, -0.1) is 0 Å². The van der Waals surface area contributed by atoms with Gasteiger partial charge in [-0.1, -0.05) is 34.1 Å². The van der Waals surface area contributed by atoms with Gasteiger partial charge >= 0.3 is 0 Å². The molecule has 1 saturated heterocycles. The summed E-state index contributed by atoms with van der Waals surface area (Å²) in [5, 5.41) is 2.91. The van der Waals surface area contributed by atoms with Crippen LogP contribution in [0, 0.1) is 0 Å². The molecule has 3 rings (SSSR count). The number of hydrogen-bond donors (Lipinski definition) is 1. The zero-order chi connectivity index (χ0) is 19.3. The topological polar surface area (TPSA) is 69.7 Å². The Kier molecular flexibility index (Phi) is 6.64. The second-order valence-corrected chi connectivity index (χ2v) is 9.18. The van der Waals surface area contributed by atoms with E-state index in [0.717, 1.165) is 4.47 Å². The monoisotopic (exact) mass is 451 g/mol. The average Bonchev–Trinajstić information content (AvgIpc) is 2.69. The molecule has 0 aliphatic carbocycles. The first-order valence-electron chi connectivity index (χ1n) is 8.78. The predicted octanol–water partition coefficient (Wildman–Crippen LogP) is 2.19. The Labute approximate surface area is 168 Å². The Balaban J connectivity index is 1.44. The molecule has 144 valence electrons. The number of rotatable bonds is 6. The lowest BCUT2D eigenvalue weighted by atomic mass is 10.2. The molecular formula is C19H22BrN3O3S. The van der Waals surface area contributed by atoms with Crippen molar-refractivity contribution in [2.75, 3.05) is 39.3 Å². The van der Waals surface area contributed by atoms with Gasteiger partial charge in [0.2, 0.25) is 10.0 Å². The van der Waals surface area contributed by atoms with Gasteiger partial charge in [-0.3, -0.25) is 9.69 Å². The van der Waals surface area contributed by atoms with Crippen molar-refractivity contribution < 1.29 is 13.2 Å². The third kappa shape index (κ3) is 5.16. The zero-order valence-electron chi connectivity index (χ0n) is 14.8. The highest BCUT2D eigenvalue weighted by Gasteiger charge is 2.28. The Hall–Kier alpha value is -1.74. The quantitative estimate of drug-likeness (QED) is 0.730. The fourth-order valence-corrected chi connectivity index (χ4v) is 4.67. The summed E-state index contributed by atoms with van der Waals surface area (Å²) < 4.78 is 27.7. The van der Waals surface area contributed by atoms with Crippen LogP contribution in [0.25, 0.3) is 0 Å². The van der Waals surface area contributed by atoms with Gasteiger partial charge in [0.1, 0.15) is 0 Å². The highest BCUT2D eigenvalue weighted by atomic mass is 79.9. The molecule has 6 nitrogen and oxygen atoms in total. The van der Waals surface area contributed by atoms with E-state index in [9.17, 15) is 13.2 Å². The van der Waals surface area contributed by atoms with Crippen LogP contribution in [0.1, 0.15) is 10.4 Å². The lowest BCUT2D eigenvalue weighted by molar-refractivity contribution is 0.0945. The van der Waals surface area contributed by atoms with Crippen LogP contribution >= 0.6 is 15.9 Å². The van der Waals surface area contributed by atoms with E-state index >= 15 is 0 Å². The molecule has 0 spiro atoms. The number of carbonyl (C=O) groups excluding carboxylic acids is 1. The fourth-order valence-electron chi connectivity index (χ4n) is 2.97. The predicted molar refractivity (Wildman–Crippen MR) is 108 cm³/mol. The Morgan fingerprint density at radius 1 is 0.963 bits per heavy atom. The van der Waals surface area contributed by atoms with E-state index in [2.05, 4.69) is 26.1 Å². The van der Waals surface area contributed by atoms with E-state index in [1.807, 2.05) is 12.1 Å². The summed E-state index contributed by atoms with van der Waals surface area (Å²) in [4.78, 5) is 14.6. The number of sulfonamides is 1. The summed E-state index contributed by atoms with van der Waals surface area (Å²) in [6, 6.07) is 15.7. The molecule has 0 aromatic heterocycles. The second-order valence-electron chi connectivity index (χ2n) is 6.32. The SMILES string of the molecule is O=C(NCCN1CCN(S(=O)(=O)c2ccccc2)CC1)c1ccc(Br)cc1. The van der Waals surface area contributed by atoms with Crippen LogP contribution in [0.5, 0.6) is 0 Å². The molecule has 1 aliphatic heterocycles. The molecule has 1 aliphatic rings. The van der Waals surface area contributed by atoms with Gasteiger partial charge in [-0.25, -0.2) is 8.42 Å². The molecule has 1 N–H and O–H groups in total. The lowest BCUT2D eigenvalue weighted by Gasteiger charge is -2.33. The van der Waals surface area contributed by atoms with Gasteiger partial charge in [-0.2, -0.15) is 4.31 Å². The van der Waals surface area contributed by atoms with E-state index in [0.29, 0.717) is 49.7 Å². The van der Waals surface area contributed by atoms with E-state index in [-0.39, 0.29) is 5.91 Å². The molecular weight excluding hydrogens is 430 g/mol. The molecule has 0 bridgehead atoms. The van der Waals surface area contributed by atoms with Crippen molar-refractivity contribution in [1.82, 2.24) is 14.5 Å². The molecule has 8 heteroatoms. The first kappa shape index (κ1) is 20.0. The normalized spacial score (nSPS) is 16.2. The third-order valence-corrected chi connectivity index (χ3v) is 6.97. The number of piperazine rings is 1. The summed E-state index contributed by atoms with van der Waals surface area (Å²) in [5.41, 5.74) is 0.622. The number of hydrogen-bond acceptors (Lipinski definition) is 4. The molecule has 0 radical (unpaired) electrons. The number of nitrogens with zero attached hydrogens (tertiary/aromatic N) is 2. The minimum Gasteiger partial charge on any atom is -0.351 e. The number of benzene rings is 2. The highest BCUT2D eigenvalue weighted by molar-refractivity contribution is 9.10. The van der Waals surface area contributed by atoms with E-state index < -0.39 is 10.0 Å². The molecule has 1 heterocycles. The minimum absolute atomic E-state index is 0.104. The summed E-state index contributed by atoms with van der Waals surface area (Å²) in [6.45, 7) is 3.44. The number of carbonyl (C=O) groups is 1. The van der Waals surface area contributed by atoms with Crippen molar-refractivity contribution in [1.29, 1.82) is 0 Å². The summed E-state index contributed by atoms with van der Waals surface area (Å²) in [6.07, 6.45) is 0. The van der Waals surface area contributed by atoms with Crippen LogP contribution in [0.4, 0.5) is 0 Å². The largest absolute Gasteiger partial charge is 0.351 e. The summed E-state index contributed by atoms with van der Waals surface area (Å²) in [7, 11) is -3.43. The molecule has 27 heavy (non-hydrogen) atoms. The first-order chi connectivity index (χ1) is 13.0. The van der Waals surface area contributed by atoms with Crippen LogP contribution in [0.3, 0.4) is 0 Å². The van der Waals surface area contributed by atoms with Gasteiger partial charge in [0, 0.05) is 49.3 Å². The van der Waals surface area contributed by atoms with Crippen molar-refractivity contribution in [2.45, 2.75) is 4.90 Å². The van der Waals surface area contributed by atoms with Crippen molar-refractivity contribution in [2.24, 2.45) is 0 Å². The van der Waals surface area contributed by atoms with Crippen LogP contribution in [-0.4, -0.2) is 62.8 Å². The summed E-state index contributed by atoms with van der Waals surface area (Å²) in [5.74, 6) is -0.104. The molecule has 2 aromatic carbocycles. The maximum atomic E-state index is 12.6. The Bertz CT molecular complexity index is 865. The fraction of sp³-hybridized carbons (Fsp3) is 0.316. The smallest absolute Gasteiger partial charge is 0.251 e. The van der Waals surface area contributed by atoms with E-state index in [4.69, 9.17) is 0 Å². The molecule has 2 aromatic rings. The van der Waals surface area contributed by atoms with Crippen LogP contribution in [0.15, 0.2) is 64.0 Å². The lowest BCUT2D eigenvalue weighted by Crippen LogP contribution is -2.50. The number of nitrogens with one attached hydrogen (secondary N) is 1. The maximum Gasteiger partial charge on any atom is 0.251 e. The number of halogens is 1. The van der Waals surface area contributed by atoms with Crippen LogP contribution < -0.4 is 5.32 Å². The van der Waals surface area contributed by atoms with Crippen molar-refractivity contribution in [3.05, 3.63) is 64.6 Å². The highest BCUT2D eigenvalue weighted by Crippen LogP contribution is 2.17. The van der Waals surface area contributed by atoms with Gasteiger partial charge in [0.15, 0.2) is 0 Å². The third-order valence-electron chi connectivity index (χ3n) is 4.53. The van der Waals surface area contributed by atoms with Gasteiger partial charge in [0.25, 0.3) is 5.91 Å². The second kappa shape index (κ2) is 8.97. The Morgan fingerprint density at radius 2 is 1.59 bits per heavy atom. The van der Waals surface area contributed by atoms with E-state index in [1.54, 1.807) is 42.5 Å². The van der Waals surface area contributed by atoms with E-state index in [1.165, 1.54) is 4.31 Å². The molecule has 1 amide bonds. The number of amides is 1. The standard InChI is InChI=1S/C19H22BrN3O3S/c20-17-8-6-16(7-9-17)19(24)21-10-11-22-12-14-23(15-13-22)27(25,26)18-4-2-1-3-5-18/h1-9H,10-15H2,(H,21,24). The van der Waals surface area contributed by atoms with Crippen molar-refractivity contribution in [3.8, 4) is 0 Å². The van der Waals surface area contributed by atoms with Gasteiger partial charge in [0.05, 0.1) is 4.90 Å². The van der Waals surface area contributed by atoms with Gasteiger partial charge in [-0.05, 0) is 36.4 Å². The van der Waals surface area contributed by atoms with Crippen LogP contribution in [0.2, 0.25) is 0 Å². The zero-order valence-corrected chi connectivity index (χ0v) is 17.2. The maximum absolute atomic E-state index is 12.6. The van der Waals surface area contributed by atoms with Crippen molar-refractivity contribution >= 4 is 31.9 Å². The molecule has 1 fully saturated rings. The molecule has 0 atom stereocenters. The Morgan fingerprint density at radius 3 is 2.22 bits per heavy atom. The van der Waals surface area contributed by atoms with Crippen LogP contribution in [-0.2, 0) is 10.0 Å². The first-order valence-corrected chi connectivity index (χ1v) is 11.0.